The Labute approximate surface area is 238 Å². The summed E-state index contributed by atoms with van der Waals surface area (Å²) in [5.41, 5.74) is 3.22. The van der Waals surface area contributed by atoms with Gasteiger partial charge in [-0.05, 0) is 47.5 Å². The highest BCUT2D eigenvalue weighted by molar-refractivity contribution is 6.39. The van der Waals surface area contributed by atoms with E-state index in [1.54, 1.807) is 48.5 Å². The molecule has 0 aliphatic heterocycles. The van der Waals surface area contributed by atoms with Gasteiger partial charge in [0, 0.05) is 16.9 Å². The molecule has 202 valence electrons. The van der Waals surface area contributed by atoms with Crippen LogP contribution in [0.4, 0.5) is 0 Å². The Kier molecular flexibility index (Phi) is 7.47. The average Bonchev–Trinajstić information content (AvgIpc) is 3.34. The van der Waals surface area contributed by atoms with Crippen LogP contribution < -0.4 is 4.74 Å². The topological polar surface area (TPSA) is 123 Å². The van der Waals surface area contributed by atoms with Crippen molar-refractivity contribution in [3.05, 3.63) is 99.4 Å². The molecule has 0 bridgehead atoms. The van der Waals surface area contributed by atoms with Crippen molar-refractivity contribution in [3.63, 3.8) is 0 Å². The summed E-state index contributed by atoms with van der Waals surface area (Å²) in [6.07, 6.45) is 0. The minimum Gasteiger partial charge on any atom is -0.489 e. The Morgan fingerprint density at radius 2 is 1.60 bits per heavy atom. The van der Waals surface area contributed by atoms with E-state index < -0.39 is 11.9 Å². The molecule has 40 heavy (non-hydrogen) atoms. The molecule has 0 spiro atoms. The molecule has 0 saturated carbocycles. The Morgan fingerprint density at radius 1 is 0.925 bits per heavy atom. The zero-order chi connectivity index (χ0) is 28.6. The first-order valence-corrected chi connectivity index (χ1v) is 13.0. The van der Waals surface area contributed by atoms with E-state index in [1.165, 1.54) is 0 Å². The lowest BCUT2D eigenvalue weighted by atomic mass is 10.0. The summed E-state index contributed by atoms with van der Waals surface area (Å²) < 4.78 is 11.7. The van der Waals surface area contributed by atoms with Gasteiger partial charge in [0.2, 0.25) is 0 Å². The first-order valence-electron chi connectivity index (χ1n) is 12.2. The van der Waals surface area contributed by atoms with Crippen LogP contribution in [0.2, 0.25) is 10.0 Å². The normalized spacial score (nSPS) is 11.2. The number of benzene rings is 3. The van der Waals surface area contributed by atoms with Crippen LogP contribution in [0.15, 0.2) is 71.3 Å². The van der Waals surface area contributed by atoms with Crippen LogP contribution in [0.5, 0.6) is 5.75 Å². The van der Waals surface area contributed by atoms with E-state index in [0.29, 0.717) is 38.2 Å². The second-order valence-electron chi connectivity index (χ2n) is 9.34. The number of aromatic carboxylic acids is 2. The van der Waals surface area contributed by atoms with Crippen LogP contribution in [-0.2, 0) is 6.61 Å². The van der Waals surface area contributed by atoms with Crippen LogP contribution in [0.25, 0.3) is 33.3 Å². The Hall–Kier alpha value is -4.40. The summed E-state index contributed by atoms with van der Waals surface area (Å²) in [4.78, 5) is 27.3. The van der Waals surface area contributed by atoms with E-state index in [0.717, 1.165) is 22.8 Å². The van der Waals surface area contributed by atoms with Crippen LogP contribution in [-0.4, -0.2) is 32.3 Å². The average molecular weight is 577 g/mol. The summed E-state index contributed by atoms with van der Waals surface area (Å²) in [6.45, 7) is 4.16. The molecular formula is C30H22Cl2N2O6. The molecule has 0 fully saturated rings. The number of pyridine rings is 1. The summed E-state index contributed by atoms with van der Waals surface area (Å²) >= 11 is 12.9. The minimum absolute atomic E-state index is 0.0493. The number of hydrogen-bond donors (Lipinski definition) is 2. The number of nitrogens with zero attached hydrogens (tertiary/aromatic N) is 2. The van der Waals surface area contributed by atoms with Crippen molar-refractivity contribution in [2.45, 2.75) is 26.4 Å². The predicted molar refractivity (Wildman–Crippen MR) is 151 cm³/mol. The summed E-state index contributed by atoms with van der Waals surface area (Å²) in [5.74, 6) is -1.21. The molecule has 5 rings (SSSR count). The molecule has 0 atom stereocenters. The number of carboxylic acid groups (broad SMARTS) is 2. The smallest absolute Gasteiger partial charge is 0.354 e. The van der Waals surface area contributed by atoms with Crippen LogP contribution >= 0.6 is 23.2 Å². The fourth-order valence-electron chi connectivity index (χ4n) is 4.43. The van der Waals surface area contributed by atoms with E-state index >= 15 is 0 Å². The van der Waals surface area contributed by atoms with Gasteiger partial charge in [-0.3, -0.25) is 0 Å². The number of carboxylic acids is 2. The highest BCUT2D eigenvalue weighted by Crippen LogP contribution is 2.39. The van der Waals surface area contributed by atoms with Gasteiger partial charge in [0.05, 0.1) is 26.7 Å². The molecular weight excluding hydrogens is 555 g/mol. The second kappa shape index (κ2) is 11.0. The third-order valence-corrected chi connectivity index (χ3v) is 7.00. The summed E-state index contributed by atoms with van der Waals surface area (Å²) in [5, 5.41) is 24.4. The molecule has 3 aromatic carbocycles. The van der Waals surface area contributed by atoms with Crippen molar-refractivity contribution in [1.82, 2.24) is 10.1 Å². The summed E-state index contributed by atoms with van der Waals surface area (Å²) in [7, 11) is 0. The first kappa shape index (κ1) is 27.2. The maximum atomic E-state index is 11.7. The van der Waals surface area contributed by atoms with Gasteiger partial charge in [-0.1, -0.05) is 72.5 Å². The van der Waals surface area contributed by atoms with Gasteiger partial charge in [0.1, 0.15) is 29.5 Å². The largest absolute Gasteiger partial charge is 0.489 e. The zero-order valence-corrected chi connectivity index (χ0v) is 22.8. The molecule has 0 radical (unpaired) electrons. The highest BCUT2D eigenvalue weighted by Gasteiger charge is 2.24. The van der Waals surface area contributed by atoms with Gasteiger partial charge < -0.3 is 19.5 Å². The van der Waals surface area contributed by atoms with Gasteiger partial charge in [-0.25, -0.2) is 14.6 Å². The maximum Gasteiger partial charge on any atom is 0.354 e. The third kappa shape index (κ3) is 5.23. The lowest BCUT2D eigenvalue weighted by Crippen LogP contribution is -2.06. The SMILES string of the molecule is CC(C)c1onc(-c2c(Cl)cccc2Cl)c1COc1ccc(-c2ccc3c(C(=O)O)cc(C(=O)O)nc3c2)cc1. The van der Waals surface area contributed by atoms with Crippen molar-refractivity contribution in [2.24, 2.45) is 0 Å². The number of carbonyl (C=O) groups is 2. The van der Waals surface area contributed by atoms with Crippen molar-refractivity contribution in [1.29, 1.82) is 0 Å². The Morgan fingerprint density at radius 3 is 2.23 bits per heavy atom. The molecule has 2 aromatic heterocycles. The number of hydrogen-bond acceptors (Lipinski definition) is 6. The molecule has 0 amide bonds. The highest BCUT2D eigenvalue weighted by atomic mass is 35.5. The van der Waals surface area contributed by atoms with Crippen molar-refractivity contribution < 1.29 is 29.1 Å². The lowest BCUT2D eigenvalue weighted by Gasteiger charge is -2.11. The second-order valence-corrected chi connectivity index (χ2v) is 10.2. The van der Waals surface area contributed by atoms with Gasteiger partial charge in [-0.2, -0.15) is 0 Å². The van der Waals surface area contributed by atoms with Crippen molar-refractivity contribution >= 4 is 46.0 Å². The number of halogens is 2. The van der Waals surface area contributed by atoms with Crippen LogP contribution in [0, 0.1) is 0 Å². The number of rotatable bonds is 8. The molecule has 2 heterocycles. The molecule has 0 aliphatic rings. The maximum absolute atomic E-state index is 11.7. The molecule has 0 unspecified atom stereocenters. The van der Waals surface area contributed by atoms with Gasteiger partial charge in [0.25, 0.3) is 0 Å². The molecule has 5 aromatic rings. The Balaban J connectivity index is 1.42. The van der Waals surface area contributed by atoms with E-state index in [2.05, 4.69) is 10.1 Å². The van der Waals surface area contributed by atoms with Crippen molar-refractivity contribution in [3.8, 4) is 28.1 Å². The molecule has 0 aliphatic carbocycles. The third-order valence-electron chi connectivity index (χ3n) is 6.37. The lowest BCUT2D eigenvalue weighted by molar-refractivity contribution is 0.0691. The fraction of sp³-hybridized carbons (Fsp3) is 0.133. The first-order chi connectivity index (χ1) is 19.1. The molecule has 8 nitrogen and oxygen atoms in total. The van der Waals surface area contributed by atoms with E-state index in [4.69, 9.17) is 32.5 Å². The van der Waals surface area contributed by atoms with E-state index in [1.807, 2.05) is 26.0 Å². The quantitative estimate of drug-likeness (QED) is 0.190. The zero-order valence-electron chi connectivity index (χ0n) is 21.3. The summed E-state index contributed by atoms with van der Waals surface area (Å²) in [6, 6.07) is 18.6. The van der Waals surface area contributed by atoms with Crippen molar-refractivity contribution in [2.75, 3.05) is 0 Å². The fourth-order valence-corrected chi connectivity index (χ4v) is 5.01. The van der Waals surface area contributed by atoms with E-state index in [-0.39, 0.29) is 29.3 Å². The molecule has 10 heteroatoms. The number of ether oxygens (including phenoxy) is 1. The van der Waals surface area contributed by atoms with E-state index in [9.17, 15) is 19.8 Å². The monoisotopic (exact) mass is 576 g/mol. The van der Waals surface area contributed by atoms with Crippen LogP contribution in [0.3, 0.4) is 0 Å². The standard InChI is InChI=1S/C30H22Cl2N2O6/c1-15(2)28-21(27(34-40-28)26-22(31)4-3-5-23(26)32)14-39-18-9-6-16(7-10-18)17-8-11-19-20(29(35)36)13-25(30(37)38)33-24(19)12-17/h3-13,15H,14H2,1-2H3,(H,35,36)(H,37,38). The van der Waals surface area contributed by atoms with Gasteiger partial charge in [0.15, 0.2) is 0 Å². The molecule has 2 N–H and O–H groups in total. The number of fused-ring (bicyclic) bond motifs is 1. The van der Waals surface area contributed by atoms with Gasteiger partial charge in [-0.15, -0.1) is 0 Å². The van der Waals surface area contributed by atoms with Crippen LogP contribution in [0.1, 0.15) is 51.9 Å². The Bertz CT molecular complexity index is 1740. The number of aromatic nitrogens is 2. The van der Waals surface area contributed by atoms with Gasteiger partial charge >= 0.3 is 11.9 Å². The minimum atomic E-state index is -1.30. The molecule has 0 saturated heterocycles. The predicted octanol–water partition coefficient (Wildman–Crippen LogP) is 7.96.